The molecule has 0 fully saturated rings. The number of carbonyl (C=O) groups is 2. The molecule has 2 aromatic rings. The molecule has 2 aromatic carbocycles. The molecule has 0 aromatic heterocycles. The smallest absolute Gasteiger partial charge is 0.494 e. The Morgan fingerprint density at radius 1 is 1.02 bits per heavy atom. The number of ether oxygens (including phenoxy) is 2. The fraction of sp³-hybridized carbons (Fsp3) is 0.318. The monoisotopic (exact) mass is 712 g/mol. The summed E-state index contributed by atoms with van der Waals surface area (Å²) in [5.74, 6) is -5.19. The first kappa shape index (κ1) is 37.2. The highest BCUT2D eigenvalue weighted by atomic mass is 79.9. The molecule has 2 rings (SSSR count). The van der Waals surface area contributed by atoms with Crippen LogP contribution in [0.25, 0.3) is 0 Å². The molecule has 0 aliphatic rings. The molecule has 13 nitrogen and oxygen atoms in total. The average Bonchev–Trinajstić information content (AvgIpc) is 2.85. The molecule has 1 atom stereocenters. The highest BCUT2D eigenvalue weighted by molar-refractivity contribution is 9.10. The van der Waals surface area contributed by atoms with Crippen molar-refractivity contribution in [2.24, 2.45) is 5.73 Å². The van der Waals surface area contributed by atoms with E-state index in [1.165, 1.54) is 18.2 Å². The summed E-state index contributed by atoms with van der Waals surface area (Å²) in [6, 6.07) is 7.29. The Morgan fingerprint density at radius 3 is 2.09 bits per heavy atom. The number of alkyl halides is 6. The summed E-state index contributed by atoms with van der Waals surface area (Å²) in [5.41, 5.74) is 7.65. The molecule has 0 saturated carbocycles. The fourth-order valence-electron chi connectivity index (χ4n) is 2.75. The predicted octanol–water partition coefficient (Wildman–Crippen LogP) is 3.14. The zero-order valence-electron chi connectivity index (χ0n) is 21.3. The number of hydrogen-bond donors (Lipinski definition) is 6. The Hall–Kier alpha value is -3.82. The van der Waals surface area contributed by atoms with Gasteiger partial charge in [-0.2, -0.15) is 17.9 Å². The van der Waals surface area contributed by atoms with Crippen molar-refractivity contribution in [3.05, 3.63) is 52.5 Å². The lowest BCUT2D eigenvalue weighted by atomic mass is 10.1. The summed E-state index contributed by atoms with van der Waals surface area (Å²) in [6.07, 6.45) is -10.1. The van der Waals surface area contributed by atoms with E-state index in [1.807, 2.05) is 4.72 Å². The number of sulfonamides is 1. The molecule has 0 aliphatic heterocycles. The van der Waals surface area contributed by atoms with E-state index in [4.69, 9.17) is 30.6 Å². The van der Waals surface area contributed by atoms with Gasteiger partial charge in [0.05, 0.1) is 13.2 Å². The number of hydroxylamine groups is 1. The van der Waals surface area contributed by atoms with E-state index in [0.29, 0.717) is 17.7 Å². The van der Waals surface area contributed by atoms with Crippen LogP contribution in [0, 0.1) is 5.41 Å². The van der Waals surface area contributed by atoms with Gasteiger partial charge in [-0.15, -0.1) is 13.2 Å². The lowest BCUT2D eigenvalue weighted by Crippen LogP contribution is -2.42. The maximum Gasteiger partial charge on any atom is 0.573 e. The van der Waals surface area contributed by atoms with Gasteiger partial charge in [0.15, 0.2) is 5.75 Å². The van der Waals surface area contributed by atoms with Crippen LogP contribution in [-0.4, -0.2) is 68.3 Å². The topological polar surface area (TPSA) is 210 Å². The summed E-state index contributed by atoms with van der Waals surface area (Å²) in [4.78, 5) is 24.6. The van der Waals surface area contributed by atoms with E-state index >= 15 is 0 Å². The third-order valence-electron chi connectivity index (χ3n) is 4.46. The predicted molar refractivity (Wildman–Crippen MR) is 138 cm³/mol. The molecular weight excluding hydrogens is 690 g/mol. The number of guanidine groups is 1. The van der Waals surface area contributed by atoms with Crippen LogP contribution in [0.15, 0.2) is 51.8 Å². The SMILES string of the molecule is N=C(N)NOCCCOc1ccc(C[C@H](NS(=O)(=O)c2ccc(Br)cc2OC(F)(F)F)C(=O)O)cc1.O=C(O)C(F)(F)F. The van der Waals surface area contributed by atoms with Gasteiger partial charge in [0.2, 0.25) is 16.0 Å². The zero-order chi connectivity index (χ0) is 33.0. The number of carboxylic acids is 2. The molecule has 7 N–H and O–H groups in total. The summed E-state index contributed by atoms with van der Waals surface area (Å²) in [5, 5.41) is 23.6. The second-order valence-corrected chi connectivity index (χ2v) is 10.5. The highest BCUT2D eigenvalue weighted by Crippen LogP contribution is 2.32. The van der Waals surface area contributed by atoms with Crippen LogP contribution in [-0.2, 0) is 30.9 Å². The maximum atomic E-state index is 12.7. The Bertz CT molecular complexity index is 1360. The van der Waals surface area contributed by atoms with Gasteiger partial charge in [-0.05, 0) is 42.3 Å². The Kier molecular flexibility index (Phi) is 14.0. The van der Waals surface area contributed by atoms with Crippen LogP contribution in [0.2, 0.25) is 0 Å². The normalized spacial score (nSPS) is 12.3. The largest absolute Gasteiger partial charge is 0.573 e. The number of aliphatic carboxylic acids is 2. The van der Waals surface area contributed by atoms with E-state index < -0.39 is 51.2 Å². The summed E-state index contributed by atoms with van der Waals surface area (Å²) >= 11 is 2.94. The third-order valence-corrected chi connectivity index (χ3v) is 6.47. The quantitative estimate of drug-likeness (QED) is 0.0584. The van der Waals surface area contributed by atoms with Crippen LogP contribution in [0.3, 0.4) is 0 Å². The van der Waals surface area contributed by atoms with E-state index in [2.05, 4.69) is 26.1 Å². The molecule has 0 aliphatic carbocycles. The van der Waals surface area contributed by atoms with E-state index in [-0.39, 0.29) is 30.1 Å². The zero-order valence-corrected chi connectivity index (χ0v) is 23.7. The lowest BCUT2D eigenvalue weighted by molar-refractivity contribution is -0.275. The van der Waals surface area contributed by atoms with E-state index in [0.717, 1.165) is 12.1 Å². The van der Waals surface area contributed by atoms with Crippen molar-refractivity contribution in [2.75, 3.05) is 13.2 Å². The van der Waals surface area contributed by atoms with Gasteiger partial charge in [0.1, 0.15) is 16.7 Å². The molecule has 0 unspecified atom stereocenters. The van der Waals surface area contributed by atoms with Crippen molar-refractivity contribution < 1.29 is 68.9 Å². The average molecular weight is 713 g/mol. The number of hydrogen-bond acceptors (Lipinski definition) is 8. The molecule has 0 bridgehead atoms. The molecule has 0 saturated heterocycles. The Labute approximate surface area is 247 Å². The van der Waals surface area contributed by atoms with Gasteiger partial charge >= 0.3 is 24.5 Å². The molecule has 21 heteroatoms. The molecule has 0 amide bonds. The minimum Gasteiger partial charge on any atom is -0.494 e. The van der Waals surface area contributed by atoms with Crippen molar-refractivity contribution in [1.82, 2.24) is 10.2 Å². The van der Waals surface area contributed by atoms with Crippen molar-refractivity contribution >= 4 is 43.9 Å². The number of nitrogens with two attached hydrogens (primary N) is 1. The first-order valence-electron chi connectivity index (χ1n) is 11.3. The second kappa shape index (κ2) is 16.1. The summed E-state index contributed by atoms with van der Waals surface area (Å²) in [7, 11) is -4.72. The Balaban J connectivity index is 0.00000117. The molecule has 43 heavy (non-hydrogen) atoms. The standard InChI is InChI=1S/C20H22BrF3N4O7S.C2HF3O2/c21-13-4-7-17(16(11-13)35-20(22,23)24)36(31,32)28-15(18(29)30)10-12-2-5-14(6-3-12)33-8-1-9-34-27-19(25)26;3-2(4,5)1(6)7/h2-7,11,15,28H,1,8-10H2,(H,29,30)(H4,25,26,27);(H,6,7)/t15-;/m0./s1. The van der Waals surface area contributed by atoms with Crippen molar-refractivity contribution in [2.45, 2.75) is 36.3 Å². The van der Waals surface area contributed by atoms with Crippen LogP contribution >= 0.6 is 15.9 Å². The van der Waals surface area contributed by atoms with Crippen LogP contribution < -0.4 is 25.4 Å². The van der Waals surface area contributed by atoms with Gasteiger partial charge in [-0.3, -0.25) is 15.0 Å². The molecule has 0 spiro atoms. The van der Waals surface area contributed by atoms with Crippen LogP contribution in [0.4, 0.5) is 26.3 Å². The van der Waals surface area contributed by atoms with E-state index in [1.54, 1.807) is 12.1 Å². The van der Waals surface area contributed by atoms with Crippen LogP contribution in [0.5, 0.6) is 11.5 Å². The van der Waals surface area contributed by atoms with E-state index in [9.17, 15) is 44.7 Å². The molecule has 240 valence electrons. The van der Waals surface area contributed by atoms with Crippen LogP contribution in [0.1, 0.15) is 12.0 Å². The molecule has 0 radical (unpaired) electrons. The van der Waals surface area contributed by atoms with Crippen molar-refractivity contribution in [3.63, 3.8) is 0 Å². The minimum absolute atomic E-state index is 0.123. The number of nitrogens with one attached hydrogen (secondary N) is 3. The van der Waals surface area contributed by atoms with Gasteiger partial charge in [-0.25, -0.2) is 18.7 Å². The van der Waals surface area contributed by atoms with Gasteiger partial charge in [0, 0.05) is 10.9 Å². The number of rotatable bonds is 13. The highest BCUT2D eigenvalue weighted by Gasteiger charge is 2.38. The molecule has 0 heterocycles. The Morgan fingerprint density at radius 2 is 1.60 bits per heavy atom. The number of benzene rings is 2. The first-order chi connectivity index (χ1) is 19.7. The fourth-order valence-corrected chi connectivity index (χ4v) is 4.38. The maximum absolute atomic E-state index is 12.7. The molecular formula is C22H23BrF6N4O9S. The van der Waals surface area contributed by atoms with Gasteiger partial charge in [0.25, 0.3) is 0 Å². The van der Waals surface area contributed by atoms with Gasteiger partial charge in [-0.1, -0.05) is 28.1 Å². The van der Waals surface area contributed by atoms with Crippen molar-refractivity contribution in [1.29, 1.82) is 5.41 Å². The number of carboxylic acid groups (broad SMARTS) is 2. The van der Waals surface area contributed by atoms with Gasteiger partial charge < -0.3 is 25.4 Å². The second-order valence-electron chi connectivity index (χ2n) is 7.87. The summed E-state index contributed by atoms with van der Waals surface area (Å²) in [6.45, 7) is 0.498. The first-order valence-corrected chi connectivity index (χ1v) is 13.5. The minimum atomic E-state index is -5.17. The summed E-state index contributed by atoms with van der Waals surface area (Å²) < 4.78 is 107. The lowest BCUT2D eigenvalue weighted by Gasteiger charge is -2.18. The number of halogens is 7. The third kappa shape index (κ3) is 14.8. The van der Waals surface area contributed by atoms with Crippen molar-refractivity contribution in [3.8, 4) is 11.5 Å².